The molecule has 0 bridgehead atoms. The van der Waals surface area contributed by atoms with Crippen LogP contribution in [0.2, 0.25) is 0 Å². The molecule has 2 N–H and O–H groups in total. The van der Waals surface area contributed by atoms with Gasteiger partial charge in [-0.15, -0.1) is 0 Å². The zero-order chi connectivity index (χ0) is 28.7. The molecule has 11 nitrogen and oxygen atoms in total. The van der Waals surface area contributed by atoms with Gasteiger partial charge in [0.15, 0.2) is 5.50 Å². The molecule has 41 heavy (non-hydrogen) atoms. The van der Waals surface area contributed by atoms with Gasteiger partial charge >= 0.3 is 6.09 Å². The van der Waals surface area contributed by atoms with Crippen molar-refractivity contribution in [3.63, 3.8) is 0 Å². The number of thioether (sulfide) groups is 1. The number of likely N-dealkylation sites (tertiary alicyclic amines) is 1. The van der Waals surface area contributed by atoms with E-state index < -0.39 is 5.60 Å². The van der Waals surface area contributed by atoms with Crippen molar-refractivity contribution in [1.29, 1.82) is 0 Å². The van der Waals surface area contributed by atoms with Crippen LogP contribution in [0.15, 0.2) is 56.1 Å². The molecule has 4 atom stereocenters. The molecule has 4 aliphatic rings. The fourth-order valence-electron chi connectivity index (χ4n) is 5.42. The first kappa shape index (κ1) is 27.4. The van der Waals surface area contributed by atoms with Crippen LogP contribution in [0.3, 0.4) is 0 Å². The number of ether oxygens (including phenoxy) is 1. The highest BCUT2D eigenvalue weighted by atomic mass is 32.2. The van der Waals surface area contributed by atoms with E-state index in [4.69, 9.17) is 14.3 Å². The number of hydrogen-bond acceptors (Lipinski definition) is 11. The Balaban J connectivity index is 1.27. The van der Waals surface area contributed by atoms with Crippen LogP contribution in [0, 0.1) is 12.8 Å². The Morgan fingerprint density at radius 3 is 2.88 bits per heavy atom. The Bertz CT molecular complexity index is 1440. The number of aryl methyl sites for hydroxylation is 1. The summed E-state index contributed by atoms with van der Waals surface area (Å²) in [5.74, 6) is 1.77. The molecule has 3 unspecified atom stereocenters. The van der Waals surface area contributed by atoms with Crippen molar-refractivity contribution in [2.75, 3.05) is 13.1 Å². The third-order valence-corrected chi connectivity index (χ3v) is 8.18. The molecule has 1 aromatic heterocycles. The molecule has 2 aromatic rings. The smallest absolute Gasteiger partial charge is 0.410 e. The van der Waals surface area contributed by atoms with Crippen molar-refractivity contribution in [1.82, 2.24) is 30.6 Å². The predicted octanol–water partition coefficient (Wildman–Crippen LogP) is 4.55. The van der Waals surface area contributed by atoms with E-state index in [1.807, 2.05) is 39.1 Å². The molecule has 12 heteroatoms. The van der Waals surface area contributed by atoms with Crippen LogP contribution in [0.4, 0.5) is 4.79 Å². The summed E-state index contributed by atoms with van der Waals surface area (Å²) in [5.41, 5.74) is 3.58. The molecule has 1 fully saturated rings. The lowest BCUT2D eigenvalue weighted by atomic mass is 9.95. The Hall–Kier alpha value is -3.80. The van der Waals surface area contributed by atoms with Gasteiger partial charge in [-0.2, -0.15) is 4.98 Å². The molecule has 1 aromatic carbocycles. The number of nitrogens with zero attached hydrogens (tertiary/aromatic N) is 6. The van der Waals surface area contributed by atoms with Gasteiger partial charge in [0.2, 0.25) is 17.7 Å². The van der Waals surface area contributed by atoms with Crippen molar-refractivity contribution in [3.8, 4) is 11.4 Å². The number of nitrogens with one attached hydrogen (secondary N) is 2. The Morgan fingerprint density at radius 2 is 2.10 bits per heavy atom. The summed E-state index contributed by atoms with van der Waals surface area (Å²) in [6, 6.07) is 8.05. The van der Waals surface area contributed by atoms with Gasteiger partial charge in [-0.3, -0.25) is 0 Å². The predicted molar refractivity (Wildman–Crippen MR) is 160 cm³/mol. The van der Waals surface area contributed by atoms with Gasteiger partial charge in [0.1, 0.15) is 11.6 Å². The van der Waals surface area contributed by atoms with E-state index in [1.54, 1.807) is 23.6 Å². The molecule has 0 saturated carbocycles. The second-order valence-corrected chi connectivity index (χ2v) is 12.7. The summed E-state index contributed by atoms with van der Waals surface area (Å²) >= 11 is 1.73. The second-order valence-electron chi connectivity index (χ2n) is 11.7. The van der Waals surface area contributed by atoms with Crippen LogP contribution in [0.1, 0.15) is 52.0 Å². The Morgan fingerprint density at radius 1 is 1.27 bits per heavy atom. The molecular weight excluding hydrogens is 540 g/mol. The highest BCUT2D eigenvalue weighted by Crippen LogP contribution is 2.41. The monoisotopic (exact) mass is 576 g/mol. The topological polar surface area (TPSA) is 120 Å². The number of piperidine rings is 1. The van der Waals surface area contributed by atoms with Crippen LogP contribution >= 0.6 is 11.8 Å². The number of aromatic nitrogens is 2. The van der Waals surface area contributed by atoms with Gasteiger partial charge in [0, 0.05) is 55.5 Å². The molecular formula is C29H36N8O3S. The number of rotatable bonds is 4. The SMILES string of the molecule is Cc1nc(-c2cccc(C3=C(C4N=C(N[C@@H]5CCCN(C(=O)OC(C)(C)C)C5)N=CC4C)N4C=CSC4N3)c2)no1. The summed E-state index contributed by atoms with van der Waals surface area (Å²) in [6.07, 6.45) is 5.62. The van der Waals surface area contributed by atoms with E-state index in [2.05, 4.69) is 61.3 Å². The summed E-state index contributed by atoms with van der Waals surface area (Å²) in [6.45, 7) is 10.8. The average molecular weight is 577 g/mol. The van der Waals surface area contributed by atoms with Crippen molar-refractivity contribution >= 4 is 35.7 Å². The standard InChI is InChI=1S/C29H36N8O3S/c1-17-15-30-26(32-21-10-7-11-36(16-21)28(38)39-29(3,4)5)33-22(17)24-23(34-27-37(24)12-13-41-27)19-8-6-9-20(14-19)25-31-18(2)40-35-25/h6,8-9,12-15,17,21-22,27,34H,7,10-11,16H2,1-5H3,(H,32,33)/t17?,21-,22?,27?/m1/s1. The zero-order valence-electron chi connectivity index (χ0n) is 24.0. The van der Waals surface area contributed by atoms with Crippen LogP contribution in [0.5, 0.6) is 0 Å². The van der Waals surface area contributed by atoms with E-state index in [0.717, 1.165) is 35.4 Å². The quantitative estimate of drug-likeness (QED) is 0.540. The normalized spacial score (nSPS) is 25.7. The number of hydrogen-bond donors (Lipinski definition) is 2. The second kappa shape index (κ2) is 10.9. The first-order valence-electron chi connectivity index (χ1n) is 14.0. The van der Waals surface area contributed by atoms with E-state index in [1.165, 1.54) is 0 Å². The molecule has 216 valence electrons. The van der Waals surface area contributed by atoms with Gasteiger partial charge in [-0.05, 0) is 45.1 Å². The van der Waals surface area contributed by atoms with Crippen molar-refractivity contribution < 1.29 is 14.1 Å². The summed E-state index contributed by atoms with van der Waals surface area (Å²) < 4.78 is 10.8. The Labute approximate surface area is 244 Å². The Kier molecular flexibility index (Phi) is 7.27. The maximum absolute atomic E-state index is 12.7. The minimum Gasteiger partial charge on any atom is -0.444 e. The summed E-state index contributed by atoms with van der Waals surface area (Å²) in [5, 5.41) is 13.4. The summed E-state index contributed by atoms with van der Waals surface area (Å²) in [7, 11) is 0. The lowest BCUT2D eigenvalue weighted by Gasteiger charge is -2.35. The van der Waals surface area contributed by atoms with Crippen molar-refractivity contribution in [2.24, 2.45) is 15.9 Å². The molecule has 0 aliphatic carbocycles. The molecule has 0 spiro atoms. The van der Waals surface area contributed by atoms with Crippen LogP contribution in [-0.4, -0.2) is 74.5 Å². The van der Waals surface area contributed by atoms with Gasteiger partial charge in [0.05, 0.1) is 11.4 Å². The maximum Gasteiger partial charge on any atom is 0.410 e. The number of fused-ring (bicyclic) bond motifs is 1. The van der Waals surface area contributed by atoms with Crippen LogP contribution < -0.4 is 10.6 Å². The lowest BCUT2D eigenvalue weighted by Crippen LogP contribution is -2.51. The molecule has 1 amide bonds. The number of guanidine groups is 1. The minimum atomic E-state index is -0.524. The van der Waals surface area contributed by atoms with E-state index in [9.17, 15) is 4.79 Å². The van der Waals surface area contributed by atoms with Gasteiger partial charge in [0.25, 0.3) is 0 Å². The molecule has 4 aliphatic heterocycles. The first-order valence-corrected chi connectivity index (χ1v) is 15.0. The summed E-state index contributed by atoms with van der Waals surface area (Å²) in [4.78, 5) is 30.9. The third kappa shape index (κ3) is 5.83. The van der Waals surface area contributed by atoms with Crippen LogP contribution in [0.25, 0.3) is 17.1 Å². The highest BCUT2D eigenvalue weighted by Gasteiger charge is 2.40. The fourth-order valence-corrected chi connectivity index (χ4v) is 6.28. The molecule has 5 heterocycles. The zero-order valence-corrected chi connectivity index (χ0v) is 24.8. The lowest BCUT2D eigenvalue weighted by molar-refractivity contribution is 0.0194. The molecule has 0 radical (unpaired) electrons. The number of carbonyl (C=O) groups excluding carboxylic acids is 1. The van der Waals surface area contributed by atoms with Gasteiger partial charge in [-0.25, -0.2) is 14.8 Å². The van der Waals surface area contributed by atoms with Gasteiger partial charge < -0.3 is 29.7 Å². The van der Waals surface area contributed by atoms with E-state index in [0.29, 0.717) is 30.8 Å². The third-order valence-electron chi connectivity index (χ3n) is 7.30. The maximum atomic E-state index is 12.7. The molecule has 6 rings (SSSR count). The van der Waals surface area contributed by atoms with Gasteiger partial charge in [-0.1, -0.05) is 42.0 Å². The number of carbonyl (C=O) groups is 1. The molecule has 1 saturated heterocycles. The fraction of sp³-hybridized carbons (Fsp3) is 0.483. The highest BCUT2D eigenvalue weighted by molar-refractivity contribution is 8.02. The number of aliphatic imine (C=N–C) groups is 2. The minimum absolute atomic E-state index is 0.0430. The van der Waals surface area contributed by atoms with E-state index >= 15 is 0 Å². The first-order chi connectivity index (χ1) is 19.6. The van der Waals surface area contributed by atoms with Crippen molar-refractivity contribution in [3.05, 3.63) is 53.0 Å². The number of benzene rings is 1. The van der Waals surface area contributed by atoms with Crippen molar-refractivity contribution in [2.45, 2.75) is 70.6 Å². The largest absolute Gasteiger partial charge is 0.444 e. The van der Waals surface area contributed by atoms with Crippen LogP contribution in [-0.2, 0) is 4.74 Å². The van der Waals surface area contributed by atoms with E-state index in [-0.39, 0.29) is 29.6 Å². The number of amides is 1. The average Bonchev–Trinajstić information content (AvgIpc) is 3.66.